The van der Waals surface area contributed by atoms with Crippen LogP contribution in [0.3, 0.4) is 0 Å². The molecule has 6 heteroatoms. The van der Waals surface area contributed by atoms with Gasteiger partial charge in [-0.3, -0.25) is 4.90 Å². The van der Waals surface area contributed by atoms with Crippen LogP contribution in [0.4, 0.5) is 8.78 Å². The van der Waals surface area contributed by atoms with Gasteiger partial charge in [-0.25, -0.2) is 0 Å². The molecule has 0 saturated heterocycles. The number of hydrogen-bond acceptors (Lipinski definition) is 4. The van der Waals surface area contributed by atoms with E-state index >= 15 is 0 Å². The summed E-state index contributed by atoms with van der Waals surface area (Å²) in [6.07, 6.45) is -0.755. The molecule has 0 saturated carbocycles. The van der Waals surface area contributed by atoms with Gasteiger partial charge in [0, 0.05) is 13.1 Å². The van der Waals surface area contributed by atoms with Gasteiger partial charge in [0.25, 0.3) is 0 Å². The Morgan fingerprint density at radius 3 is 2.54 bits per heavy atom. The van der Waals surface area contributed by atoms with Crippen LogP contribution in [-0.2, 0) is 6.54 Å². The van der Waals surface area contributed by atoms with E-state index in [0.717, 1.165) is 5.56 Å². The van der Waals surface area contributed by atoms with Crippen LogP contribution in [0.1, 0.15) is 22.8 Å². The van der Waals surface area contributed by atoms with Crippen molar-refractivity contribution in [1.29, 1.82) is 5.26 Å². The van der Waals surface area contributed by atoms with Gasteiger partial charge in [0.15, 0.2) is 0 Å². The first-order chi connectivity index (χ1) is 11.5. The standard InChI is InChI=1S/C18H18F2N2O2/c1-22(11-14-4-2-3-13(9-14)10-21)12-17(23)15-5-7-16(8-6-15)24-18(19)20/h2-9,17-18,23H,11-12H2,1H3. The Bertz CT molecular complexity index is 699. The normalized spacial score (nSPS) is 12.2. The molecule has 0 bridgehead atoms. The molecule has 0 aliphatic rings. The van der Waals surface area contributed by atoms with Crippen molar-refractivity contribution in [3.8, 4) is 11.8 Å². The predicted molar refractivity (Wildman–Crippen MR) is 85.5 cm³/mol. The summed E-state index contributed by atoms with van der Waals surface area (Å²) in [5.74, 6) is 0.0580. The number of rotatable bonds is 7. The van der Waals surface area contributed by atoms with Crippen molar-refractivity contribution >= 4 is 0 Å². The number of hydrogen-bond donors (Lipinski definition) is 1. The zero-order valence-electron chi connectivity index (χ0n) is 13.2. The summed E-state index contributed by atoms with van der Waals surface area (Å²) < 4.78 is 28.5. The molecule has 0 aliphatic carbocycles. The number of ether oxygens (including phenoxy) is 1. The third-order valence-electron chi connectivity index (χ3n) is 3.48. The third kappa shape index (κ3) is 5.30. The van der Waals surface area contributed by atoms with Gasteiger partial charge in [0.2, 0.25) is 0 Å². The van der Waals surface area contributed by atoms with E-state index in [1.807, 2.05) is 24.1 Å². The van der Waals surface area contributed by atoms with Gasteiger partial charge in [-0.15, -0.1) is 0 Å². The molecule has 24 heavy (non-hydrogen) atoms. The number of aliphatic hydroxyl groups excluding tert-OH is 1. The van der Waals surface area contributed by atoms with Crippen LogP contribution < -0.4 is 4.74 Å². The highest BCUT2D eigenvalue weighted by molar-refractivity contribution is 5.33. The molecule has 2 rings (SSSR count). The number of alkyl halides is 2. The molecule has 1 atom stereocenters. The van der Waals surface area contributed by atoms with Crippen LogP contribution in [0.5, 0.6) is 5.75 Å². The van der Waals surface area contributed by atoms with Gasteiger partial charge in [0.05, 0.1) is 17.7 Å². The molecule has 4 nitrogen and oxygen atoms in total. The molecule has 1 N–H and O–H groups in total. The van der Waals surface area contributed by atoms with E-state index in [4.69, 9.17) is 5.26 Å². The van der Waals surface area contributed by atoms with E-state index in [1.54, 1.807) is 24.3 Å². The minimum Gasteiger partial charge on any atom is -0.435 e. The predicted octanol–water partition coefficient (Wildman–Crippen LogP) is 3.33. The summed E-state index contributed by atoms with van der Waals surface area (Å²) >= 11 is 0. The summed E-state index contributed by atoms with van der Waals surface area (Å²) in [6, 6.07) is 15.3. The van der Waals surface area contributed by atoms with Crippen molar-refractivity contribution < 1.29 is 18.6 Å². The highest BCUT2D eigenvalue weighted by Gasteiger charge is 2.12. The zero-order valence-corrected chi connectivity index (χ0v) is 13.2. The van der Waals surface area contributed by atoms with Crippen molar-refractivity contribution in [1.82, 2.24) is 4.90 Å². The van der Waals surface area contributed by atoms with Crippen molar-refractivity contribution in [3.63, 3.8) is 0 Å². The fourth-order valence-electron chi connectivity index (χ4n) is 2.39. The quantitative estimate of drug-likeness (QED) is 0.845. The van der Waals surface area contributed by atoms with Crippen molar-refractivity contribution in [2.45, 2.75) is 19.3 Å². The molecule has 0 radical (unpaired) electrons. The average Bonchev–Trinajstić information content (AvgIpc) is 2.55. The molecule has 126 valence electrons. The van der Waals surface area contributed by atoms with E-state index < -0.39 is 12.7 Å². The largest absolute Gasteiger partial charge is 0.435 e. The minimum absolute atomic E-state index is 0.0580. The van der Waals surface area contributed by atoms with Crippen LogP contribution >= 0.6 is 0 Å². The lowest BCUT2D eigenvalue weighted by atomic mass is 10.1. The number of benzene rings is 2. The Labute approximate surface area is 139 Å². The Morgan fingerprint density at radius 1 is 1.21 bits per heavy atom. The number of nitriles is 1. The smallest absolute Gasteiger partial charge is 0.387 e. The Morgan fingerprint density at radius 2 is 1.92 bits per heavy atom. The Balaban J connectivity index is 1.93. The molecular weight excluding hydrogens is 314 g/mol. The van der Waals surface area contributed by atoms with E-state index in [-0.39, 0.29) is 5.75 Å². The summed E-state index contributed by atoms with van der Waals surface area (Å²) in [5, 5.41) is 19.2. The number of likely N-dealkylation sites (N-methyl/N-ethyl adjacent to an activating group) is 1. The second-order valence-electron chi connectivity index (χ2n) is 5.47. The van der Waals surface area contributed by atoms with Crippen LogP contribution in [0.15, 0.2) is 48.5 Å². The molecule has 0 aliphatic heterocycles. The molecular formula is C18H18F2N2O2. The van der Waals surface area contributed by atoms with Crippen LogP contribution in [0, 0.1) is 11.3 Å². The molecule has 2 aromatic rings. The van der Waals surface area contributed by atoms with Crippen molar-refractivity contribution in [3.05, 3.63) is 65.2 Å². The van der Waals surface area contributed by atoms with Crippen molar-refractivity contribution in [2.75, 3.05) is 13.6 Å². The first-order valence-corrected chi connectivity index (χ1v) is 7.38. The van der Waals surface area contributed by atoms with Gasteiger partial charge in [-0.05, 0) is 42.4 Å². The highest BCUT2D eigenvalue weighted by atomic mass is 19.3. The van der Waals surface area contributed by atoms with E-state index in [2.05, 4.69) is 10.8 Å². The maximum absolute atomic E-state index is 12.1. The maximum atomic E-state index is 12.1. The van der Waals surface area contributed by atoms with Gasteiger partial charge < -0.3 is 9.84 Å². The summed E-state index contributed by atoms with van der Waals surface area (Å²) in [4.78, 5) is 1.92. The molecule has 0 spiro atoms. The van der Waals surface area contributed by atoms with Crippen LogP contribution in [0.2, 0.25) is 0 Å². The SMILES string of the molecule is CN(Cc1cccc(C#N)c1)CC(O)c1ccc(OC(F)F)cc1. The van der Waals surface area contributed by atoms with Gasteiger partial charge in [-0.2, -0.15) is 14.0 Å². The molecule has 0 amide bonds. The second-order valence-corrected chi connectivity index (χ2v) is 5.47. The molecule has 0 fully saturated rings. The van der Waals surface area contributed by atoms with Gasteiger partial charge in [-0.1, -0.05) is 24.3 Å². The fraction of sp³-hybridized carbons (Fsp3) is 0.278. The molecule has 0 aromatic heterocycles. The van der Waals surface area contributed by atoms with Crippen LogP contribution in [-0.4, -0.2) is 30.2 Å². The monoisotopic (exact) mass is 332 g/mol. The number of aliphatic hydroxyl groups is 1. The molecule has 1 unspecified atom stereocenters. The summed E-state index contributed by atoms with van der Waals surface area (Å²) in [6.45, 7) is -1.92. The number of halogens is 2. The van der Waals surface area contributed by atoms with Gasteiger partial charge >= 0.3 is 6.61 Å². The highest BCUT2D eigenvalue weighted by Crippen LogP contribution is 2.20. The first kappa shape index (κ1) is 17.9. The third-order valence-corrected chi connectivity index (χ3v) is 3.48. The lowest BCUT2D eigenvalue weighted by Crippen LogP contribution is -2.24. The van der Waals surface area contributed by atoms with E-state index in [1.165, 1.54) is 12.1 Å². The van der Waals surface area contributed by atoms with Gasteiger partial charge in [0.1, 0.15) is 5.75 Å². The summed E-state index contributed by atoms with van der Waals surface area (Å²) in [7, 11) is 1.86. The average molecular weight is 332 g/mol. The topological polar surface area (TPSA) is 56.5 Å². The van der Waals surface area contributed by atoms with E-state index in [9.17, 15) is 13.9 Å². The first-order valence-electron chi connectivity index (χ1n) is 7.38. The van der Waals surface area contributed by atoms with Crippen molar-refractivity contribution in [2.24, 2.45) is 0 Å². The lowest BCUT2D eigenvalue weighted by molar-refractivity contribution is -0.0498. The maximum Gasteiger partial charge on any atom is 0.387 e. The zero-order chi connectivity index (χ0) is 17.5. The summed E-state index contributed by atoms with van der Waals surface area (Å²) in [5.41, 5.74) is 2.19. The lowest BCUT2D eigenvalue weighted by Gasteiger charge is -2.21. The Hall–Kier alpha value is -2.49. The second kappa shape index (κ2) is 8.39. The fourth-order valence-corrected chi connectivity index (χ4v) is 2.39. The van der Waals surface area contributed by atoms with Crippen LogP contribution in [0.25, 0.3) is 0 Å². The minimum atomic E-state index is -2.86. The molecule has 0 heterocycles. The molecule has 2 aromatic carbocycles. The number of nitrogens with zero attached hydrogens (tertiary/aromatic N) is 2. The Kier molecular flexibility index (Phi) is 6.24. The van der Waals surface area contributed by atoms with E-state index in [0.29, 0.717) is 24.2 Å².